The van der Waals surface area contributed by atoms with Crippen LogP contribution in [0.4, 0.5) is 0 Å². The molecule has 1 saturated carbocycles. The Hall–Kier alpha value is -0.950. The van der Waals surface area contributed by atoms with Crippen LogP contribution in [-0.4, -0.2) is 48.4 Å². The molecule has 2 atom stereocenters. The highest BCUT2D eigenvalue weighted by atomic mass is 32.2. The molecule has 118 valence electrons. The minimum Gasteiger partial charge on any atom is -0.391 e. The molecule has 1 aliphatic carbocycles. The molecule has 6 heteroatoms. The summed E-state index contributed by atoms with van der Waals surface area (Å²) in [5.41, 5.74) is 0.946. The van der Waals surface area contributed by atoms with Gasteiger partial charge >= 0.3 is 0 Å². The predicted octanol–water partition coefficient (Wildman–Crippen LogP) is 1.60. The maximum absolute atomic E-state index is 12.6. The van der Waals surface area contributed by atoms with Crippen molar-refractivity contribution in [2.24, 2.45) is 0 Å². The van der Waals surface area contributed by atoms with Crippen molar-refractivity contribution in [3.05, 3.63) is 35.9 Å². The number of benzene rings is 1. The van der Waals surface area contributed by atoms with E-state index in [1.807, 2.05) is 30.3 Å². The van der Waals surface area contributed by atoms with Crippen molar-refractivity contribution in [3.8, 4) is 0 Å². The van der Waals surface area contributed by atoms with E-state index in [0.29, 0.717) is 13.0 Å². The Morgan fingerprint density at radius 2 is 1.76 bits per heavy atom. The van der Waals surface area contributed by atoms with Crippen molar-refractivity contribution in [2.45, 2.75) is 44.4 Å². The van der Waals surface area contributed by atoms with Crippen LogP contribution in [0, 0.1) is 0 Å². The van der Waals surface area contributed by atoms with E-state index in [0.717, 1.165) is 24.8 Å². The first-order valence-electron chi connectivity index (χ1n) is 7.34. The van der Waals surface area contributed by atoms with Gasteiger partial charge in [0.2, 0.25) is 0 Å². The molecule has 2 unspecified atom stereocenters. The molecule has 0 aliphatic heterocycles. The molecule has 0 saturated heterocycles. The monoisotopic (exact) mass is 312 g/mol. The van der Waals surface area contributed by atoms with E-state index in [2.05, 4.69) is 0 Å². The van der Waals surface area contributed by atoms with Crippen LogP contribution in [0.3, 0.4) is 0 Å². The lowest BCUT2D eigenvalue weighted by Gasteiger charge is -2.36. The van der Waals surface area contributed by atoms with Gasteiger partial charge in [0.05, 0.1) is 12.1 Å². The van der Waals surface area contributed by atoms with Crippen molar-refractivity contribution < 1.29 is 13.5 Å². The first kappa shape index (κ1) is 16.4. The maximum Gasteiger partial charge on any atom is 0.282 e. The Labute approximate surface area is 127 Å². The third-order valence-electron chi connectivity index (χ3n) is 4.17. The lowest BCUT2D eigenvalue weighted by molar-refractivity contribution is 0.0616. The highest BCUT2D eigenvalue weighted by molar-refractivity contribution is 7.86. The summed E-state index contributed by atoms with van der Waals surface area (Å²) in [4.78, 5) is 0. The number of hydrogen-bond donors (Lipinski definition) is 1. The summed E-state index contributed by atoms with van der Waals surface area (Å²) in [6.45, 7) is 0.330. The van der Waals surface area contributed by atoms with Gasteiger partial charge in [-0.25, -0.2) is 0 Å². The largest absolute Gasteiger partial charge is 0.391 e. The number of hydrogen-bond acceptors (Lipinski definition) is 3. The van der Waals surface area contributed by atoms with Crippen molar-refractivity contribution in [2.75, 3.05) is 14.1 Å². The van der Waals surface area contributed by atoms with Gasteiger partial charge in [0, 0.05) is 20.6 Å². The molecule has 0 radical (unpaired) electrons. The SMILES string of the molecule is CN(Cc1ccccc1)S(=O)(=O)N(C)C1CCCCC1O. The minimum atomic E-state index is -3.56. The van der Waals surface area contributed by atoms with Crippen LogP contribution in [-0.2, 0) is 16.8 Å². The van der Waals surface area contributed by atoms with Gasteiger partial charge in [0.1, 0.15) is 0 Å². The summed E-state index contributed by atoms with van der Waals surface area (Å²) in [6, 6.07) is 9.18. The average molecular weight is 312 g/mol. The summed E-state index contributed by atoms with van der Waals surface area (Å²) >= 11 is 0. The van der Waals surface area contributed by atoms with Crippen LogP contribution in [0.5, 0.6) is 0 Å². The van der Waals surface area contributed by atoms with Crippen molar-refractivity contribution >= 4 is 10.2 Å². The minimum absolute atomic E-state index is 0.318. The molecule has 1 aromatic carbocycles. The molecular formula is C15H24N2O3S. The van der Waals surface area contributed by atoms with Gasteiger partial charge in [0.25, 0.3) is 10.2 Å². The molecule has 5 nitrogen and oxygen atoms in total. The number of nitrogens with zero attached hydrogens (tertiary/aromatic N) is 2. The van der Waals surface area contributed by atoms with E-state index in [4.69, 9.17) is 0 Å². The summed E-state index contributed by atoms with van der Waals surface area (Å²) < 4.78 is 27.9. The number of rotatable bonds is 5. The zero-order valence-electron chi connectivity index (χ0n) is 12.6. The Kier molecular flexibility index (Phi) is 5.37. The summed E-state index contributed by atoms with van der Waals surface area (Å²) in [6.07, 6.45) is 2.75. The van der Waals surface area contributed by atoms with Crippen LogP contribution in [0.25, 0.3) is 0 Å². The van der Waals surface area contributed by atoms with Crippen molar-refractivity contribution in [1.82, 2.24) is 8.61 Å². The van der Waals surface area contributed by atoms with Gasteiger partial charge in [-0.2, -0.15) is 17.0 Å². The number of aliphatic hydroxyl groups is 1. The zero-order valence-corrected chi connectivity index (χ0v) is 13.5. The second-order valence-electron chi connectivity index (χ2n) is 5.68. The van der Waals surface area contributed by atoms with Crippen LogP contribution in [0.15, 0.2) is 30.3 Å². The molecule has 1 N–H and O–H groups in total. The van der Waals surface area contributed by atoms with Gasteiger partial charge in [-0.15, -0.1) is 0 Å². The van der Waals surface area contributed by atoms with Crippen molar-refractivity contribution in [1.29, 1.82) is 0 Å². The molecule has 0 spiro atoms. The van der Waals surface area contributed by atoms with Gasteiger partial charge in [-0.05, 0) is 18.4 Å². The lowest BCUT2D eigenvalue weighted by Crippen LogP contribution is -2.50. The molecule has 21 heavy (non-hydrogen) atoms. The second kappa shape index (κ2) is 6.87. The molecule has 0 aromatic heterocycles. The molecule has 1 aromatic rings. The van der Waals surface area contributed by atoms with E-state index in [1.165, 1.54) is 8.61 Å². The van der Waals surface area contributed by atoms with Crippen molar-refractivity contribution in [3.63, 3.8) is 0 Å². The number of aliphatic hydroxyl groups excluding tert-OH is 1. The van der Waals surface area contributed by atoms with Gasteiger partial charge in [0.15, 0.2) is 0 Å². The fourth-order valence-corrected chi connectivity index (χ4v) is 4.17. The van der Waals surface area contributed by atoms with E-state index >= 15 is 0 Å². The fourth-order valence-electron chi connectivity index (χ4n) is 2.83. The van der Waals surface area contributed by atoms with Gasteiger partial charge < -0.3 is 5.11 Å². The summed E-state index contributed by atoms with van der Waals surface area (Å²) in [5, 5.41) is 10.0. The van der Waals surface area contributed by atoms with E-state index in [1.54, 1.807) is 14.1 Å². The third-order valence-corrected chi connectivity index (χ3v) is 6.08. The van der Waals surface area contributed by atoms with E-state index in [9.17, 15) is 13.5 Å². The average Bonchev–Trinajstić information content (AvgIpc) is 2.48. The predicted molar refractivity (Wildman–Crippen MR) is 82.9 cm³/mol. The number of likely N-dealkylation sites (N-methyl/N-ethyl adjacent to an activating group) is 1. The van der Waals surface area contributed by atoms with E-state index < -0.39 is 16.3 Å². The van der Waals surface area contributed by atoms with Crippen LogP contribution < -0.4 is 0 Å². The lowest BCUT2D eigenvalue weighted by atomic mass is 9.93. The van der Waals surface area contributed by atoms with Crippen LogP contribution in [0.2, 0.25) is 0 Å². The molecule has 1 fully saturated rings. The molecule has 1 aliphatic rings. The quantitative estimate of drug-likeness (QED) is 0.898. The van der Waals surface area contributed by atoms with Gasteiger partial charge in [-0.3, -0.25) is 0 Å². The fraction of sp³-hybridized carbons (Fsp3) is 0.600. The normalized spacial score (nSPS) is 23.7. The first-order valence-corrected chi connectivity index (χ1v) is 8.74. The molecule has 0 bridgehead atoms. The highest BCUT2D eigenvalue weighted by Crippen LogP contribution is 2.25. The second-order valence-corrected chi connectivity index (χ2v) is 7.78. The molecular weight excluding hydrogens is 288 g/mol. The Balaban J connectivity index is 2.09. The summed E-state index contributed by atoms with van der Waals surface area (Å²) in [7, 11) is -0.420. The molecule has 2 rings (SSSR count). The van der Waals surface area contributed by atoms with Crippen LogP contribution >= 0.6 is 0 Å². The van der Waals surface area contributed by atoms with E-state index in [-0.39, 0.29) is 6.04 Å². The Morgan fingerprint density at radius 3 is 2.38 bits per heavy atom. The first-order chi connectivity index (χ1) is 9.93. The Morgan fingerprint density at radius 1 is 1.14 bits per heavy atom. The summed E-state index contributed by atoms with van der Waals surface area (Å²) in [5.74, 6) is 0. The topological polar surface area (TPSA) is 60.9 Å². The molecule has 0 amide bonds. The zero-order chi connectivity index (χ0) is 15.5. The van der Waals surface area contributed by atoms with Crippen LogP contribution in [0.1, 0.15) is 31.2 Å². The molecule has 0 heterocycles. The smallest absolute Gasteiger partial charge is 0.282 e. The Bertz CT molecular complexity index is 547. The maximum atomic E-state index is 12.6. The highest BCUT2D eigenvalue weighted by Gasteiger charge is 2.35. The standard InChI is InChI=1S/C15H24N2O3S/c1-16(12-13-8-4-3-5-9-13)21(19,20)17(2)14-10-6-7-11-15(14)18/h3-5,8-9,14-15,18H,6-7,10-12H2,1-2H3. The third kappa shape index (κ3) is 3.83. The van der Waals surface area contributed by atoms with Gasteiger partial charge in [-0.1, -0.05) is 43.2 Å².